The molecular weight excluding hydrogens is 322 g/mol. The van der Waals surface area contributed by atoms with Crippen LogP contribution in [0.4, 0.5) is 0 Å². The Bertz CT molecular complexity index is 946. The first kappa shape index (κ1) is 16.6. The number of carbonyl (C=O) groups excluding carboxylic acids is 1. The van der Waals surface area contributed by atoms with E-state index in [1.165, 1.54) is 0 Å². The predicted octanol–water partition coefficient (Wildman–Crippen LogP) is 1.30. The second kappa shape index (κ2) is 7.08. The van der Waals surface area contributed by atoms with E-state index in [0.29, 0.717) is 34.2 Å². The Kier molecular flexibility index (Phi) is 4.69. The first-order chi connectivity index (χ1) is 12.0. The molecule has 0 aromatic carbocycles. The topological polar surface area (TPSA) is 114 Å². The van der Waals surface area contributed by atoms with Gasteiger partial charge in [0, 0.05) is 23.5 Å². The molecule has 0 saturated heterocycles. The van der Waals surface area contributed by atoms with Gasteiger partial charge in [-0.15, -0.1) is 0 Å². The van der Waals surface area contributed by atoms with Crippen molar-refractivity contribution in [2.75, 3.05) is 0 Å². The fourth-order valence-corrected chi connectivity index (χ4v) is 2.40. The molecule has 0 saturated carbocycles. The molecule has 3 aromatic heterocycles. The summed E-state index contributed by atoms with van der Waals surface area (Å²) >= 11 is 0. The number of aromatic amines is 1. The fourth-order valence-electron chi connectivity index (χ4n) is 2.40. The van der Waals surface area contributed by atoms with Crippen molar-refractivity contribution in [2.24, 2.45) is 0 Å². The van der Waals surface area contributed by atoms with Gasteiger partial charge in [0.05, 0.1) is 18.7 Å². The average Bonchev–Trinajstić information content (AvgIpc) is 3.06. The second-order valence-corrected chi connectivity index (χ2v) is 5.56. The molecule has 3 aromatic rings. The number of aromatic nitrogens is 4. The fraction of sp³-hybridized carbons (Fsp3) is 0.235. The highest BCUT2D eigenvalue weighted by atomic mass is 16.5. The van der Waals surface area contributed by atoms with Crippen LogP contribution in [0, 0.1) is 13.8 Å². The summed E-state index contributed by atoms with van der Waals surface area (Å²) in [7, 11) is 0. The van der Waals surface area contributed by atoms with E-state index in [-0.39, 0.29) is 24.4 Å². The van der Waals surface area contributed by atoms with Crippen molar-refractivity contribution < 1.29 is 9.32 Å². The van der Waals surface area contributed by atoms with Gasteiger partial charge in [-0.1, -0.05) is 11.2 Å². The van der Waals surface area contributed by atoms with Crippen molar-refractivity contribution in [1.82, 2.24) is 25.4 Å². The number of nitrogens with one attached hydrogen (secondary N) is 2. The third-order valence-electron chi connectivity index (χ3n) is 3.62. The van der Waals surface area contributed by atoms with Crippen LogP contribution in [0.5, 0.6) is 0 Å². The summed E-state index contributed by atoms with van der Waals surface area (Å²) in [6, 6.07) is 7.20. The van der Waals surface area contributed by atoms with E-state index in [2.05, 4.69) is 25.4 Å². The zero-order valence-electron chi connectivity index (χ0n) is 13.9. The monoisotopic (exact) mass is 339 g/mol. The van der Waals surface area contributed by atoms with E-state index < -0.39 is 0 Å². The number of H-pyrrole nitrogens is 1. The molecule has 8 heteroatoms. The van der Waals surface area contributed by atoms with Gasteiger partial charge in [0.1, 0.15) is 11.5 Å². The first-order valence-corrected chi connectivity index (χ1v) is 7.73. The number of hydrogen-bond acceptors (Lipinski definition) is 6. The lowest BCUT2D eigenvalue weighted by Crippen LogP contribution is -2.28. The minimum absolute atomic E-state index is 0.0460. The highest BCUT2D eigenvalue weighted by Crippen LogP contribution is 2.15. The number of aryl methyl sites for hydroxylation is 2. The SMILES string of the molecule is Cc1nc(C)c(CC(=O)NCc2cc(-c3ccccn3)no2)c(=O)[nH]1. The highest BCUT2D eigenvalue weighted by Gasteiger charge is 2.13. The lowest BCUT2D eigenvalue weighted by Gasteiger charge is -2.05. The third kappa shape index (κ3) is 3.97. The summed E-state index contributed by atoms with van der Waals surface area (Å²) in [5.41, 5.74) is 1.90. The van der Waals surface area contributed by atoms with Crippen molar-refractivity contribution in [3.63, 3.8) is 0 Å². The third-order valence-corrected chi connectivity index (χ3v) is 3.62. The van der Waals surface area contributed by atoms with Crippen molar-refractivity contribution in [1.29, 1.82) is 0 Å². The van der Waals surface area contributed by atoms with E-state index in [0.717, 1.165) is 0 Å². The number of nitrogens with zero attached hydrogens (tertiary/aromatic N) is 3. The molecule has 0 unspecified atom stereocenters. The van der Waals surface area contributed by atoms with Crippen LogP contribution in [0.25, 0.3) is 11.4 Å². The van der Waals surface area contributed by atoms with Gasteiger partial charge in [0.15, 0.2) is 5.76 Å². The average molecular weight is 339 g/mol. The molecule has 0 spiro atoms. The molecule has 0 atom stereocenters. The predicted molar refractivity (Wildman–Crippen MR) is 89.6 cm³/mol. The van der Waals surface area contributed by atoms with Gasteiger partial charge in [0.25, 0.3) is 5.56 Å². The summed E-state index contributed by atoms with van der Waals surface area (Å²) in [6.07, 6.45) is 1.62. The molecule has 3 rings (SSSR count). The molecular formula is C17H17N5O3. The number of pyridine rings is 1. The minimum atomic E-state index is -0.296. The summed E-state index contributed by atoms with van der Waals surface area (Å²) in [5, 5.41) is 6.64. The van der Waals surface area contributed by atoms with Crippen LogP contribution in [0.1, 0.15) is 22.8 Å². The summed E-state index contributed by atoms with van der Waals surface area (Å²) in [4.78, 5) is 35.0. The Labute approximate surface area is 143 Å². The summed E-state index contributed by atoms with van der Waals surface area (Å²) in [6.45, 7) is 3.58. The van der Waals surface area contributed by atoms with Crippen molar-refractivity contribution in [3.8, 4) is 11.4 Å². The van der Waals surface area contributed by atoms with Crippen LogP contribution in [0.3, 0.4) is 0 Å². The number of rotatable bonds is 5. The molecule has 1 amide bonds. The Morgan fingerprint density at radius 2 is 2.12 bits per heavy atom. The van der Waals surface area contributed by atoms with E-state index in [9.17, 15) is 9.59 Å². The number of amides is 1. The van der Waals surface area contributed by atoms with E-state index in [4.69, 9.17) is 4.52 Å². The van der Waals surface area contributed by atoms with Crippen molar-refractivity contribution in [3.05, 3.63) is 63.7 Å². The molecule has 0 aliphatic rings. The zero-order valence-corrected chi connectivity index (χ0v) is 13.9. The smallest absolute Gasteiger partial charge is 0.254 e. The van der Waals surface area contributed by atoms with Crippen LogP contribution < -0.4 is 10.9 Å². The maximum atomic E-state index is 12.1. The summed E-state index contributed by atoms with van der Waals surface area (Å²) < 4.78 is 5.20. The van der Waals surface area contributed by atoms with Gasteiger partial charge in [-0.05, 0) is 26.0 Å². The first-order valence-electron chi connectivity index (χ1n) is 7.73. The normalized spacial score (nSPS) is 10.6. The van der Waals surface area contributed by atoms with E-state index in [1.54, 1.807) is 26.1 Å². The van der Waals surface area contributed by atoms with Crippen LogP contribution in [-0.4, -0.2) is 26.0 Å². The lowest BCUT2D eigenvalue weighted by molar-refractivity contribution is -0.120. The number of carbonyl (C=O) groups is 1. The molecule has 0 bridgehead atoms. The maximum Gasteiger partial charge on any atom is 0.254 e. The second-order valence-electron chi connectivity index (χ2n) is 5.56. The van der Waals surface area contributed by atoms with Crippen molar-refractivity contribution in [2.45, 2.75) is 26.8 Å². The van der Waals surface area contributed by atoms with Crippen LogP contribution in [0.15, 0.2) is 39.8 Å². The lowest BCUT2D eigenvalue weighted by atomic mass is 10.1. The van der Waals surface area contributed by atoms with Crippen LogP contribution in [-0.2, 0) is 17.8 Å². The highest BCUT2D eigenvalue weighted by molar-refractivity contribution is 5.78. The van der Waals surface area contributed by atoms with Gasteiger partial charge in [-0.2, -0.15) is 0 Å². The van der Waals surface area contributed by atoms with Crippen molar-refractivity contribution >= 4 is 5.91 Å². The zero-order chi connectivity index (χ0) is 17.8. The van der Waals surface area contributed by atoms with E-state index in [1.807, 2.05) is 18.2 Å². The molecule has 0 aliphatic heterocycles. The largest absolute Gasteiger partial charge is 0.359 e. The molecule has 0 fully saturated rings. The van der Waals surface area contributed by atoms with Crippen LogP contribution in [0.2, 0.25) is 0 Å². The summed E-state index contributed by atoms with van der Waals surface area (Å²) in [5.74, 6) is 0.729. The Balaban J connectivity index is 1.62. The van der Waals surface area contributed by atoms with Gasteiger partial charge in [0.2, 0.25) is 5.91 Å². The molecule has 128 valence electrons. The molecule has 3 heterocycles. The molecule has 0 radical (unpaired) electrons. The van der Waals surface area contributed by atoms with Crippen LogP contribution >= 0.6 is 0 Å². The van der Waals surface area contributed by atoms with Gasteiger partial charge in [-0.25, -0.2) is 4.98 Å². The Hall–Kier alpha value is -3.29. The molecule has 2 N–H and O–H groups in total. The molecule has 0 aliphatic carbocycles. The standard InChI is InChI=1S/C17H17N5O3/c1-10-13(17(24)21-11(2)20-10)8-16(23)19-9-12-7-15(22-25-12)14-5-3-4-6-18-14/h3-7H,8-9H2,1-2H3,(H,19,23)(H,20,21,24). The van der Waals surface area contributed by atoms with Gasteiger partial charge < -0.3 is 14.8 Å². The Morgan fingerprint density at radius 1 is 1.28 bits per heavy atom. The molecule has 25 heavy (non-hydrogen) atoms. The maximum absolute atomic E-state index is 12.1. The van der Waals surface area contributed by atoms with E-state index >= 15 is 0 Å². The Morgan fingerprint density at radius 3 is 2.84 bits per heavy atom. The van der Waals surface area contributed by atoms with Gasteiger partial charge in [-0.3, -0.25) is 14.6 Å². The minimum Gasteiger partial charge on any atom is -0.359 e. The molecule has 8 nitrogen and oxygen atoms in total. The quantitative estimate of drug-likeness (QED) is 0.724. The van der Waals surface area contributed by atoms with Gasteiger partial charge >= 0.3 is 0 Å². The number of hydrogen-bond donors (Lipinski definition) is 2.